The van der Waals surface area contributed by atoms with Crippen LogP contribution in [-0.2, 0) is 9.59 Å². The topological polar surface area (TPSA) is 75.3 Å². The van der Waals surface area contributed by atoms with Crippen LogP contribution in [0.15, 0.2) is 24.3 Å². The van der Waals surface area contributed by atoms with Crippen LogP contribution >= 0.6 is 0 Å². The average Bonchev–Trinajstić information content (AvgIpc) is 2.35. The molecule has 0 saturated carbocycles. The number of nitrogens with one attached hydrogen (secondary N) is 2. The third kappa shape index (κ3) is 3.69. The van der Waals surface area contributed by atoms with Crippen molar-refractivity contribution in [2.45, 2.75) is 20.3 Å². The van der Waals surface area contributed by atoms with E-state index < -0.39 is 11.7 Å². The molecule has 0 aromatic heterocycles. The molecule has 0 aliphatic heterocycles. The van der Waals surface area contributed by atoms with Gasteiger partial charge in [0, 0.05) is 13.5 Å². The highest BCUT2D eigenvalue weighted by Crippen LogP contribution is 2.15. The summed E-state index contributed by atoms with van der Waals surface area (Å²) in [5.74, 6) is -1.59. The first-order valence-electron chi connectivity index (χ1n) is 5.75. The maximum Gasteiger partial charge on any atom is 0.292 e. The first-order valence-corrected chi connectivity index (χ1v) is 5.75. The number of carbonyl (C=O) groups excluding carboxylic acids is 3. The Kier molecular flexibility index (Phi) is 5.05. The van der Waals surface area contributed by atoms with Crippen LogP contribution in [0.25, 0.3) is 0 Å². The minimum atomic E-state index is -0.658. The van der Waals surface area contributed by atoms with Crippen molar-refractivity contribution < 1.29 is 14.4 Å². The van der Waals surface area contributed by atoms with Crippen molar-refractivity contribution >= 4 is 23.3 Å². The Hall–Kier alpha value is -2.17. The average molecular weight is 248 g/mol. The van der Waals surface area contributed by atoms with Crippen LogP contribution < -0.4 is 10.6 Å². The molecule has 1 aromatic carbocycles. The lowest BCUT2D eigenvalue weighted by Crippen LogP contribution is -2.32. The van der Waals surface area contributed by atoms with Crippen molar-refractivity contribution in [1.29, 1.82) is 0 Å². The Morgan fingerprint density at radius 2 is 1.83 bits per heavy atom. The van der Waals surface area contributed by atoms with Gasteiger partial charge in [-0.1, -0.05) is 19.1 Å². The molecular weight excluding hydrogens is 232 g/mol. The Morgan fingerprint density at radius 3 is 2.44 bits per heavy atom. The third-order valence-electron chi connectivity index (χ3n) is 2.22. The molecule has 96 valence electrons. The van der Waals surface area contributed by atoms with Crippen LogP contribution in [-0.4, -0.2) is 24.1 Å². The fourth-order valence-electron chi connectivity index (χ4n) is 1.42. The van der Waals surface area contributed by atoms with E-state index in [4.69, 9.17) is 0 Å². The summed E-state index contributed by atoms with van der Waals surface area (Å²) in [5, 5.41) is 5.04. The van der Waals surface area contributed by atoms with Gasteiger partial charge in [-0.2, -0.15) is 0 Å². The molecule has 0 atom stereocenters. The first-order chi connectivity index (χ1) is 8.56. The number of Topliss-reactive ketones (excluding diaryl/α,β-unsaturated/α-hetero) is 1. The summed E-state index contributed by atoms with van der Waals surface area (Å²) in [6, 6.07) is 6.43. The molecule has 5 heteroatoms. The molecule has 0 aliphatic carbocycles. The fraction of sp³-hybridized carbons (Fsp3) is 0.308. The number of para-hydroxylation sites is 1. The summed E-state index contributed by atoms with van der Waals surface area (Å²) in [4.78, 5) is 34.5. The van der Waals surface area contributed by atoms with E-state index >= 15 is 0 Å². The molecule has 1 aromatic rings. The number of anilines is 1. The highest BCUT2D eigenvalue weighted by molar-refractivity contribution is 6.44. The van der Waals surface area contributed by atoms with Crippen LogP contribution in [0, 0.1) is 0 Å². The second-order valence-corrected chi connectivity index (χ2v) is 3.81. The molecule has 0 heterocycles. The Bertz CT molecular complexity index is 469. The van der Waals surface area contributed by atoms with Gasteiger partial charge in [-0.25, -0.2) is 0 Å². The van der Waals surface area contributed by atoms with Crippen LogP contribution in [0.1, 0.15) is 30.6 Å². The van der Waals surface area contributed by atoms with Gasteiger partial charge in [0.2, 0.25) is 5.91 Å². The first kappa shape index (κ1) is 13.9. The zero-order chi connectivity index (χ0) is 13.5. The van der Waals surface area contributed by atoms with Gasteiger partial charge in [-0.15, -0.1) is 0 Å². The number of carbonyl (C=O) groups is 3. The largest absolute Gasteiger partial charge is 0.349 e. The summed E-state index contributed by atoms with van der Waals surface area (Å²) < 4.78 is 0. The summed E-state index contributed by atoms with van der Waals surface area (Å²) in [7, 11) is 0. The van der Waals surface area contributed by atoms with E-state index in [-0.39, 0.29) is 11.5 Å². The predicted molar refractivity (Wildman–Crippen MR) is 68.4 cm³/mol. The number of hydrogen-bond acceptors (Lipinski definition) is 3. The van der Waals surface area contributed by atoms with E-state index in [0.29, 0.717) is 12.2 Å². The number of hydrogen-bond donors (Lipinski definition) is 2. The predicted octanol–water partition coefficient (Wildman–Crippen LogP) is 1.35. The Labute approximate surface area is 106 Å². The summed E-state index contributed by atoms with van der Waals surface area (Å²) in [6.07, 6.45) is 0.756. The lowest BCUT2D eigenvalue weighted by molar-refractivity contribution is -0.117. The second-order valence-electron chi connectivity index (χ2n) is 3.81. The van der Waals surface area contributed by atoms with E-state index in [1.807, 2.05) is 6.92 Å². The molecule has 1 rings (SSSR count). The van der Waals surface area contributed by atoms with Crippen molar-refractivity contribution in [2.24, 2.45) is 0 Å². The molecule has 0 fully saturated rings. The van der Waals surface area contributed by atoms with E-state index in [2.05, 4.69) is 10.6 Å². The second kappa shape index (κ2) is 6.54. The normalized spacial score (nSPS) is 9.67. The van der Waals surface area contributed by atoms with E-state index in [9.17, 15) is 14.4 Å². The van der Waals surface area contributed by atoms with Crippen LogP contribution in [0.4, 0.5) is 5.69 Å². The molecule has 0 spiro atoms. The molecule has 2 amide bonds. The monoisotopic (exact) mass is 248 g/mol. The molecule has 0 radical (unpaired) electrons. The third-order valence-corrected chi connectivity index (χ3v) is 2.22. The van der Waals surface area contributed by atoms with Gasteiger partial charge in [0.1, 0.15) is 0 Å². The quantitative estimate of drug-likeness (QED) is 0.610. The van der Waals surface area contributed by atoms with Crippen molar-refractivity contribution in [3.05, 3.63) is 29.8 Å². The Balaban J connectivity index is 2.91. The molecule has 0 bridgehead atoms. The van der Waals surface area contributed by atoms with Crippen molar-refractivity contribution in [1.82, 2.24) is 5.32 Å². The highest BCUT2D eigenvalue weighted by atomic mass is 16.2. The number of rotatable bonds is 5. The van der Waals surface area contributed by atoms with Gasteiger partial charge < -0.3 is 10.6 Å². The van der Waals surface area contributed by atoms with Crippen molar-refractivity contribution in [2.75, 3.05) is 11.9 Å². The van der Waals surface area contributed by atoms with Crippen molar-refractivity contribution in [3.63, 3.8) is 0 Å². The fourth-order valence-corrected chi connectivity index (χ4v) is 1.42. The summed E-state index contributed by atoms with van der Waals surface area (Å²) in [6.45, 7) is 3.70. The van der Waals surface area contributed by atoms with Gasteiger partial charge >= 0.3 is 0 Å². The maximum absolute atomic E-state index is 11.9. The van der Waals surface area contributed by atoms with E-state index in [0.717, 1.165) is 6.42 Å². The SMILES string of the molecule is CCCNC(=O)C(=O)c1ccccc1NC(C)=O. The molecular formula is C13H16N2O3. The standard InChI is InChI=1S/C13H16N2O3/c1-3-8-14-13(18)12(17)10-6-4-5-7-11(10)15-9(2)16/h4-7H,3,8H2,1-2H3,(H,14,18)(H,15,16). The minimum Gasteiger partial charge on any atom is -0.349 e. The lowest BCUT2D eigenvalue weighted by Gasteiger charge is -2.08. The van der Waals surface area contributed by atoms with E-state index in [1.54, 1.807) is 18.2 Å². The smallest absolute Gasteiger partial charge is 0.292 e. The van der Waals surface area contributed by atoms with Gasteiger partial charge in [-0.3, -0.25) is 14.4 Å². The highest BCUT2D eigenvalue weighted by Gasteiger charge is 2.18. The number of ketones is 1. The Morgan fingerprint density at radius 1 is 1.17 bits per heavy atom. The van der Waals surface area contributed by atoms with Gasteiger partial charge in [0.05, 0.1) is 11.3 Å². The summed E-state index contributed by atoms with van der Waals surface area (Å²) in [5.41, 5.74) is 0.544. The lowest BCUT2D eigenvalue weighted by atomic mass is 10.1. The number of amides is 2. The minimum absolute atomic E-state index is 0.196. The maximum atomic E-state index is 11.9. The van der Waals surface area contributed by atoms with Crippen LogP contribution in [0.5, 0.6) is 0 Å². The zero-order valence-electron chi connectivity index (χ0n) is 10.4. The van der Waals surface area contributed by atoms with Gasteiger partial charge in [0.25, 0.3) is 11.7 Å². The summed E-state index contributed by atoms with van der Waals surface area (Å²) >= 11 is 0. The van der Waals surface area contributed by atoms with Crippen LogP contribution in [0.3, 0.4) is 0 Å². The molecule has 2 N–H and O–H groups in total. The molecule has 5 nitrogen and oxygen atoms in total. The number of benzene rings is 1. The van der Waals surface area contributed by atoms with Crippen molar-refractivity contribution in [3.8, 4) is 0 Å². The van der Waals surface area contributed by atoms with E-state index in [1.165, 1.54) is 13.0 Å². The molecule has 18 heavy (non-hydrogen) atoms. The van der Waals surface area contributed by atoms with Gasteiger partial charge in [-0.05, 0) is 18.6 Å². The molecule has 0 unspecified atom stereocenters. The zero-order valence-corrected chi connectivity index (χ0v) is 10.4. The molecule has 0 saturated heterocycles. The van der Waals surface area contributed by atoms with Gasteiger partial charge in [0.15, 0.2) is 0 Å². The molecule has 0 aliphatic rings. The van der Waals surface area contributed by atoms with Crippen LogP contribution in [0.2, 0.25) is 0 Å².